The standard InChI is InChI=1S/C18H17N3O4S2/c1-9(17(24)25)20-15(22)10(2)21-16(23)14(27-18(21)26)7-11-8-19-13-6-4-3-5-12(11)13/h3-10,23H,1-2H3,(H,20,22)(H,24,25)/b11-7+. The summed E-state index contributed by atoms with van der Waals surface area (Å²) in [6.45, 7) is 2.92. The molecule has 3 N–H and O–H groups in total. The van der Waals surface area contributed by atoms with Gasteiger partial charge in [0.15, 0.2) is 3.95 Å². The van der Waals surface area contributed by atoms with Crippen molar-refractivity contribution in [2.24, 2.45) is 4.99 Å². The number of carbonyl (C=O) groups is 2. The van der Waals surface area contributed by atoms with E-state index in [2.05, 4.69) is 10.3 Å². The first-order valence-electron chi connectivity index (χ1n) is 8.12. The van der Waals surface area contributed by atoms with Gasteiger partial charge in [0.2, 0.25) is 11.8 Å². The second-order valence-electron chi connectivity index (χ2n) is 6.05. The smallest absolute Gasteiger partial charge is 0.325 e. The number of carbonyl (C=O) groups excluding carboxylic acids is 1. The van der Waals surface area contributed by atoms with Crippen LogP contribution in [0.25, 0.3) is 11.6 Å². The van der Waals surface area contributed by atoms with Crippen LogP contribution in [0.15, 0.2) is 29.3 Å². The Bertz CT molecular complexity index is 1040. The van der Waals surface area contributed by atoms with Crippen LogP contribution in [0.1, 0.15) is 30.3 Å². The third-order valence-corrected chi connectivity index (χ3v) is 5.52. The quantitative estimate of drug-likeness (QED) is 0.664. The number of aromatic hydroxyl groups is 1. The number of thiazole rings is 1. The number of benzene rings is 1. The summed E-state index contributed by atoms with van der Waals surface area (Å²) in [5.74, 6) is -1.82. The number of aliphatic imine (C=N–C) groups is 1. The van der Waals surface area contributed by atoms with Gasteiger partial charge in [-0.15, -0.1) is 11.3 Å². The van der Waals surface area contributed by atoms with Crippen LogP contribution in [-0.4, -0.2) is 38.9 Å². The van der Waals surface area contributed by atoms with Crippen molar-refractivity contribution in [2.45, 2.75) is 25.9 Å². The molecule has 0 saturated heterocycles. The predicted octanol–water partition coefficient (Wildman–Crippen LogP) is 3.39. The number of rotatable bonds is 5. The van der Waals surface area contributed by atoms with Crippen LogP contribution in [0.4, 0.5) is 5.69 Å². The molecule has 0 aliphatic carbocycles. The van der Waals surface area contributed by atoms with Crippen molar-refractivity contribution in [2.75, 3.05) is 0 Å². The zero-order valence-electron chi connectivity index (χ0n) is 14.5. The Kier molecular flexibility index (Phi) is 5.24. The summed E-state index contributed by atoms with van der Waals surface area (Å²) in [6, 6.07) is 5.75. The Hall–Kier alpha value is -2.78. The first kappa shape index (κ1) is 19.0. The molecule has 27 heavy (non-hydrogen) atoms. The fourth-order valence-corrected chi connectivity index (χ4v) is 4.06. The molecule has 2 unspecified atom stereocenters. The Morgan fingerprint density at radius 1 is 1.33 bits per heavy atom. The summed E-state index contributed by atoms with van der Waals surface area (Å²) in [5, 5.41) is 21.9. The van der Waals surface area contributed by atoms with Crippen LogP contribution in [0, 0.1) is 3.95 Å². The van der Waals surface area contributed by atoms with Gasteiger partial charge in [-0.2, -0.15) is 0 Å². The normalized spacial score (nSPS) is 16.1. The maximum atomic E-state index is 12.3. The van der Waals surface area contributed by atoms with Crippen LogP contribution in [0.5, 0.6) is 5.88 Å². The summed E-state index contributed by atoms with van der Waals surface area (Å²) in [4.78, 5) is 28.0. The van der Waals surface area contributed by atoms with Gasteiger partial charge in [-0.05, 0) is 38.2 Å². The Balaban J connectivity index is 1.91. The zero-order chi connectivity index (χ0) is 19.7. The minimum absolute atomic E-state index is 0.138. The van der Waals surface area contributed by atoms with Gasteiger partial charge in [0, 0.05) is 17.4 Å². The number of hydrogen-bond acceptors (Lipinski definition) is 6. The molecule has 2 aromatic rings. The number of aromatic nitrogens is 1. The number of nitrogens with one attached hydrogen (secondary N) is 1. The fraction of sp³-hybridized carbons (Fsp3) is 0.222. The number of amides is 1. The number of fused-ring (bicyclic) bond motifs is 1. The van der Waals surface area contributed by atoms with Crippen molar-refractivity contribution >= 4 is 59.0 Å². The Morgan fingerprint density at radius 3 is 2.74 bits per heavy atom. The van der Waals surface area contributed by atoms with E-state index in [1.807, 2.05) is 24.3 Å². The summed E-state index contributed by atoms with van der Waals surface area (Å²) < 4.78 is 1.63. The van der Waals surface area contributed by atoms with E-state index in [1.165, 1.54) is 22.8 Å². The Morgan fingerprint density at radius 2 is 2.04 bits per heavy atom. The Labute approximate surface area is 164 Å². The number of nitrogens with zero attached hydrogens (tertiary/aromatic N) is 2. The number of hydrogen-bond donors (Lipinski definition) is 3. The number of para-hydroxylation sites is 1. The second kappa shape index (κ2) is 7.45. The molecule has 2 heterocycles. The summed E-state index contributed by atoms with van der Waals surface area (Å²) in [7, 11) is 0. The van der Waals surface area contributed by atoms with E-state index >= 15 is 0 Å². The average Bonchev–Trinajstić information content (AvgIpc) is 3.15. The molecule has 1 aliphatic rings. The lowest BCUT2D eigenvalue weighted by Crippen LogP contribution is -2.41. The van der Waals surface area contributed by atoms with Crippen molar-refractivity contribution in [3.63, 3.8) is 0 Å². The van der Waals surface area contributed by atoms with E-state index in [1.54, 1.807) is 19.2 Å². The van der Waals surface area contributed by atoms with Crippen molar-refractivity contribution in [1.82, 2.24) is 9.88 Å². The molecule has 0 fully saturated rings. The minimum atomic E-state index is -1.14. The molecule has 2 atom stereocenters. The predicted molar refractivity (Wildman–Crippen MR) is 107 cm³/mol. The molecule has 0 saturated carbocycles. The van der Waals surface area contributed by atoms with Gasteiger partial charge in [-0.25, -0.2) is 0 Å². The van der Waals surface area contributed by atoms with E-state index in [0.717, 1.165) is 16.8 Å². The van der Waals surface area contributed by atoms with E-state index in [9.17, 15) is 14.7 Å². The number of carboxylic acids is 1. The van der Waals surface area contributed by atoms with Gasteiger partial charge in [0.25, 0.3) is 0 Å². The molecule has 0 spiro atoms. The molecule has 9 heteroatoms. The number of aliphatic carboxylic acids is 1. The lowest BCUT2D eigenvalue weighted by molar-refractivity contribution is -0.141. The monoisotopic (exact) mass is 403 g/mol. The lowest BCUT2D eigenvalue weighted by atomic mass is 10.1. The van der Waals surface area contributed by atoms with Crippen molar-refractivity contribution < 1.29 is 19.8 Å². The van der Waals surface area contributed by atoms with Crippen molar-refractivity contribution in [3.05, 3.63) is 38.7 Å². The van der Waals surface area contributed by atoms with Crippen molar-refractivity contribution in [3.8, 4) is 5.88 Å². The lowest BCUT2D eigenvalue weighted by Gasteiger charge is -2.16. The van der Waals surface area contributed by atoms with Gasteiger partial charge in [0.05, 0.1) is 10.6 Å². The molecular weight excluding hydrogens is 386 g/mol. The van der Waals surface area contributed by atoms with Crippen LogP contribution in [0.2, 0.25) is 0 Å². The van der Waals surface area contributed by atoms with Crippen LogP contribution >= 0.6 is 23.6 Å². The molecule has 1 aliphatic heterocycles. The molecule has 140 valence electrons. The topological polar surface area (TPSA) is 104 Å². The average molecular weight is 403 g/mol. The van der Waals surface area contributed by atoms with Crippen molar-refractivity contribution in [1.29, 1.82) is 0 Å². The molecule has 1 aromatic heterocycles. The molecule has 0 radical (unpaired) electrons. The van der Waals surface area contributed by atoms with Crippen LogP contribution < -0.4 is 5.32 Å². The molecule has 1 amide bonds. The van der Waals surface area contributed by atoms with E-state index < -0.39 is 24.0 Å². The van der Waals surface area contributed by atoms with E-state index in [4.69, 9.17) is 17.3 Å². The highest BCUT2D eigenvalue weighted by atomic mass is 32.1. The van der Waals surface area contributed by atoms with E-state index in [-0.39, 0.29) is 5.88 Å². The molecule has 1 aromatic carbocycles. The molecule has 0 bridgehead atoms. The maximum Gasteiger partial charge on any atom is 0.325 e. The van der Waals surface area contributed by atoms with Gasteiger partial charge >= 0.3 is 5.97 Å². The largest absolute Gasteiger partial charge is 0.493 e. The maximum absolute atomic E-state index is 12.3. The first-order chi connectivity index (χ1) is 12.8. The van der Waals surface area contributed by atoms with Gasteiger partial charge in [0.1, 0.15) is 12.1 Å². The first-order valence-corrected chi connectivity index (χ1v) is 9.34. The summed E-state index contributed by atoms with van der Waals surface area (Å²) >= 11 is 6.47. The number of allylic oxidation sites excluding steroid dienone is 1. The highest BCUT2D eigenvalue weighted by molar-refractivity contribution is 7.73. The third-order valence-electron chi connectivity index (χ3n) is 4.18. The van der Waals surface area contributed by atoms with Crippen LogP contribution in [-0.2, 0) is 9.59 Å². The van der Waals surface area contributed by atoms with Gasteiger partial charge in [-0.1, -0.05) is 18.2 Å². The van der Waals surface area contributed by atoms with Crippen LogP contribution in [0.3, 0.4) is 0 Å². The summed E-state index contributed by atoms with van der Waals surface area (Å²) in [6.07, 6.45) is 3.48. The molecule has 7 nitrogen and oxygen atoms in total. The highest BCUT2D eigenvalue weighted by Crippen LogP contribution is 2.36. The number of carboxylic acid groups (broad SMARTS) is 1. The second-order valence-corrected chi connectivity index (χ2v) is 7.72. The molecule has 3 rings (SSSR count). The third kappa shape index (κ3) is 3.69. The van der Waals surface area contributed by atoms with E-state index in [0.29, 0.717) is 8.83 Å². The molecular formula is C18H17N3O4S2. The minimum Gasteiger partial charge on any atom is -0.493 e. The fourth-order valence-electron chi connectivity index (χ4n) is 2.64. The zero-order valence-corrected chi connectivity index (χ0v) is 16.2. The highest BCUT2D eigenvalue weighted by Gasteiger charge is 2.24. The van der Waals surface area contributed by atoms with Gasteiger partial charge in [-0.3, -0.25) is 19.1 Å². The summed E-state index contributed by atoms with van der Waals surface area (Å²) in [5.41, 5.74) is 2.63. The SMILES string of the molecule is CC(NC(=O)C(C)n1c(O)c(/C=C2\C=Nc3ccccc32)sc1=S)C(=O)O. The van der Waals surface area contributed by atoms with Gasteiger partial charge < -0.3 is 15.5 Å².